The van der Waals surface area contributed by atoms with Crippen molar-refractivity contribution < 1.29 is 28.7 Å². The predicted molar refractivity (Wildman–Crippen MR) is 115 cm³/mol. The van der Waals surface area contributed by atoms with E-state index in [1.54, 1.807) is 11.6 Å². The number of nitrogens with zero attached hydrogens (tertiary/aromatic N) is 3. The topological polar surface area (TPSA) is 123 Å². The predicted octanol–water partition coefficient (Wildman–Crippen LogP) is 2.83. The SMILES string of the molecule is CCOC(=O)c1nn(COCC[Si](C)(C)C)c2c1CCC(CCC(=O)OC)([N+](=O)[O-])C2. The van der Waals surface area contributed by atoms with Gasteiger partial charge in [-0.05, 0) is 19.4 Å². The summed E-state index contributed by atoms with van der Waals surface area (Å²) < 4.78 is 17.1. The van der Waals surface area contributed by atoms with E-state index in [0.29, 0.717) is 24.3 Å². The van der Waals surface area contributed by atoms with Crippen molar-refractivity contribution in [1.29, 1.82) is 0 Å². The second kappa shape index (κ2) is 10.4. The Hall–Kier alpha value is -2.27. The number of hydrogen-bond acceptors (Lipinski definition) is 8. The number of methoxy groups -OCH3 is 1. The molecular formula is C20H33N3O7Si. The van der Waals surface area contributed by atoms with Gasteiger partial charge in [0, 0.05) is 38.0 Å². The molecule has 1 unspecified atom stereocenters. The molecule has 1 aliphatic carbocycles. The van der Waals surface area contributed by atoms with Crippen LogP contribution in [0.5, 0.6) is 0 Å². The molecule has 0 N–H and O–H groups in total. The third-order valence-electron chi connectivity index (χ3n) is 5.59. The molecule has 31 heavy (non-hydrogen) atoms. The maximum atomic E-state index is 12.4. The number of nitro groups is 1. The normalized spacial score (nSPS) is 18.4. The summed E-state index contributed by atoms with van der Waals surface area (Å²) in [4.78, 5) is 35.7. The zero-order valence-electron chi connectivity index (χ0n) is 19.1. The minimum Gasteiger partial charge on any atom is -0.469 e. The molecule has 0 spiro atoms. The summed E-state index contributed by atoms with van der Waals surface area (Å²) in [6.07, 6.45) is 0.593. The van der Waals surface area contributed by atoms with E-state index >= 15 is 0 Å². The third kappa shape index (κ3) is 6.36. The van der Waals surface area contributed by atoms with Gasteiger partial charge in [-0.25, -0.2) is 9.48 Å². The summed E-state index contributed by atoms with van der Waals surface area (Å²) >= 11 is 0. The van der Waals surface area contributed by atoms with Crippen molar-refractivity contribution in [2.24, 2.45) is 0 Å². The van der Waals surface area contributed by atoms with Crippen molar-refractivity contribution in [1.82, 2.24) is 9.78 Å². The number of ether oxygens (including phenoxy) is 3. The van der Waals surface area contributed by atoms with Gasteiger partial charge >= 0.3 is 11.9 Å². The van der Waals surface area contributed by atoms with Crippen LogP contribution in [0.4, 0.5) is 0 Å². The summed E-state index contributed by atoms with van der Waals surface area (Å²) in [5, 5.41) is 16.4. The van der Waals surface area contributed by atoms with Crippen molar-refractivity contribution in [2.75, 3.05) is 20.3 Å². The standard InChI is InChI=1S/C20H33N3O7Si/c1-6-30-19(25)18-15-7-9-20(23(26)27,10-8-17(24)28-2)13-16(15)22(21-18)14-29-11-12-31(3,4)5/h6-14H2,1-5H3. The Bertz CT molecular complexity index is 818. The van der Waals surface area contributed by atoms with Gasteiger partial charge in [0.2, 0.25) is 5.54 Å². The van der Waals surface area contributed by atoms with Crippen LogP contribution in [0.1, 0.15) is 47.9 Å². The number of rotatable bonds is 11. The van der Waals surface area contributed by atoms with Gasteiger partial charge in [0.15, 0.2) is 5.69 Å². The molecular weight excluding hydrogens is 422 g/mol. The third-order valence-corrected chi connectivity index (χ3v) is 7.30. The highest BCUT2D eigenvalue weighted by Crippen LogP contribution is 2.36. The van der Waals surface area contributed by atoms with Crippen LogP contribution in [0, 0.1) is 10.1 Å². The van der Waals surface area contributed by atoms with E-state index in [1.807, 2.05) is 0 Å². The van der Waals surface area contributed by atoms with Gasteiger partial charge in [-0.3, -0.25) is 14.9 Å². The molecule has 0 bridgehead atoms. The van der Waals surface area contributed by atoms with Crippen LogP contribution in [0.2, 0.25) is 25.7 Å². The minimum absolute atomic E-state index is 0.0433. The first-order chi connectivity index (χ1) is 14.5. The Morgan fingerprint density at radius 1 is 1.32 bits per heavy atom. The van der Waals surface area contributed by atoms with Crippen LogP contribution in [0.25, 0.3) is 0 Å². The number of hydrogen-bond donors (Lipinski definition) is 0. The largest absolute Gasteiger partial charge is 0.469 e. The van der Waals surface area contributed by atoms with Crippen LogP contribution in [0.3, 0.4) is 0 Å². The second-order valence-electron chi connectivity index (χ2n) is 9.08. The Kier molecular flexibility index (Phi) is 8.35. The maximum absolute atomic E-state index is 12.4. The summed E-state index contributed by atoms with van der Waals surface area (Å²) in [6, 6.07) is 0.971. The molecule has 0 aliphatic heterocycles. The number of carbonyl (C=O) groups is 2. The summed E-state index contributed by atoms with van der Waals surface area (Å²) in [7, 11) is -0.00981. The zero-order chi connectivity index (χ0) is 23.2. The molecule has 174 valence electrons. The molecule has 10 nitrogen and oxygen atoms in total. The molecule has 1 atom stereocenters. The van der Waals surface area contributed by atoms with Crippen molar-refractivity contribution in [3.05, 3.63) is 27.1 Å². The van der Waals surface area contributed by atoms with Crippen molar-refractivity contribution in [3.8, 4) is 0 Å². The highest BCUT2D eigenvalue weighted by molar-refractivity contribution is 6.76. The van der Waals surface area contributed by atoms with Crippen LogP contribution >= 0.6 is 0 Å². The molecule has 0 saturated heterocycles. The molecule has 0 fully saturated rings. The lowest BCUT2D eigenvalue weighted by atomic mass is 9.77. The molecule has 1 heterocycles. The van der Waals surface area contributed by atoms with Crippen molar-refractivity contribution in [2.45, 2.75) is 77.0 Å². The van der Waals surface area contributed by atoms with Gasteiger partial charge in [-0.15, -0.1) is 0 Å². The van der Waals surface area contributed by atoms with E-state index in [4.69, 9.17) is 9.47 Å². The van der Waals surface area contributed by atoms with Crippen LogP contribution < -0.4 is 0 Å². The van der Waals surface area contributed by atoms with E-state index in [9.17, 15) is 19.7 Å². The second-order valence-corrected chi connectivity index (χ2v) is 14.7. The zero-order valence-corrected chi connectivity index (χ0v) is 20.1. The van der Waals surface area contributed by atoms with Gasteiger partial charge in [-0.1, -0.05) is 19.6 Å². The lowest BCUT2D eigenvalue weighted by Crippen LogP contribution is -2.45. The van der Waals surface area contributed by atoms with Gasteiger partial charge in [-0.2, -0.15) is 5.10 Å². The Morgan fingerprint density at radius 2 is 2.03 bits per heavy atom. The first-order valence-electron chi connectivity index (χ1n) is 10.6. The fourth-order valence-electron chi connectivity index (χ4n) is 3.65. The molecule has 1 aliphatic rings. The molecule has 1 aromatic heterocycles. The van der Waals surface area contributed by atoms with E-state index in [2.05, 4.69) is 29.5 Å². The number of carbonyl (C=O) groups excluding carboxylic acids is 2. The number of aromatic nitrogens is 2. The Labute approximate surface area is 183 Å². The van der Waals surface area contributed by atoms with Crippen molar-refractivity contribution in [3.63, 3.8) is 0 Å². The van der Waals surface area contributed by atoms with E-state index in [0.717, 1.165) is 6.04 Å². The molecule has 2 rings (SSSR count). The maximum Gasteiger partial charge on any atom is 0.359 e. The molecule has 0 aromatic carbocycles. The van der Waals surface area contributed by atoms with Crippen molar-refractivity contribution >= 4 is 20.0 Å². The smallest absolute Gasteiger partial charge is 0.359 e. The summed E-state index contributed by atoms with van der Waals surface area (Å²) in [5.41, 5.74) is 0.144. The lowest BCUT2D eigenvalue weighted by Gasteiger charge is -2.29. The van der Waals surface area contributed by atoms with Gasteiger partial charge in [0.05, 0.1) is 32.3 Å². The summed E-state index contributed by atoms with van der Waals surface area (Å²) in [6.45, 7) is 9.34. The van der Waals surface area contributed by atoms with Crippen LogP contribution in [-0.4, -0.2) is 60.6 Å². The van der Waals surface area contributed by atoms with E-state index < -0.39 is 25.6 Å². The molecule has 1 aromatic rings. The number of fused-ring (bicyclic) bond motifs is 1. The Morgan fingerprint density at radius 3 is 2.61 bits per heavy atom. The monoisotopic (exact) mass is 455 g/mol. The first kappa shape index (κ1) is 25.0. The molecule has 11 heteroatoms. The number of esters is 2. The quantitative estimate of drug-likeness (QED) is 0.164. The van der Waals surface area contributed by atoms with E-state index in [1.165, 1.54) is 7.11 Å². The molecule has 0 saturated carbocycles. The Balaban J connectivity index is 2.30. The lowest BCUT2D eigenvalue weighted by molar-refractivity contribution is -0.573. The average molecular weight is 456 g/mol. The van der Waals surface area contributed by atoms with Gasteiger partial charge < -0.3 is 14.2 Å². The van der Waals surface area contributed by atoms with E-state index in [-0.39, 0.29) is 49.6 Å². The highest BCUT2D eigenvalue weighted by atomic mass is 28.3. The fraction of sp³-hybridized carbons (Fsp3) is 0.750. The van der Waals surface area contributed by atoms with Crippen LogP contribution in [-0.2, 0) is 38.6 Å². The minimum atomic E-state index is -1.32. The fourth-order valence-corrected chi connectivity index (χ4v) is 4.41. The summed E-state index contributed by atoms with van der Waals surface area (Å²) in [5.74, 6) is -1.02. The van der Waals surface area contributed by atoms with Gasteiger partial charge in [0.25, 0.3) is 0 Å². The first-order valence-corrected chi connectivity index (χ1v) is 14.3. The molecule has 0 amide bonds. The highest BCUT2D eigenvalue weighted by Gasteiger charge is 2.48. The van der Waals surface area contributed by atoms with Crippen LogP contribution in [0.15, 0.2) is 0 Å². The average Bonchev–Trinajstić information content (AvgIpc) is 3.06. The molecule has 0 radical (unpaired) electrons. The van der Waals surface area contributed by atoms with Gasteiger partial charge in [0.1, 0.15) is 6.73 Å².